The van der Waals surface area contributed by atoms with E-state index < -0.39 is 0 Å². The van der Waals surface area contributed by atoms with Gasteiger partial charge in [-0.25, -0.2) is 4.68 Å². The molecule has 78 valence electrons. The van der Waals surface area contributed by atoms with Gasteiger partial charge in [0.1, 0.15) is 0 Å². The van der Waals surface area contributed by atoms with Crippen LogP contribution in [0, 0.1) is 0 Å². The van der Waals surface area contributed by atoms with E-state index in [-0.39, 0.29) is 0 Å². The van der Waals surface area contributed by atoms with Crippen LogP contribution in [0.2, 0.25) is 0 Å². The summed E-state index contributed by atoms with van der Waals surface area (Å²) in [6.07, 6.45) is 4.40. The fraction of sp³-hybridized carbons (Fsp3) is 0.700. The van der Waals surface area contributed by atoms with Crippen molar-refractivity contribution in [2.75, 3.05) is 20.2 Å². The second-order valence-corrected chi connectivity index (χ2v) is 3.78. The molecule has 0 bridgehead atoms. The molecule has 1 aliphatic rings. The summed E-state index contributed by atoms with van der Waals surface area (Å²) < 4.78 is 7.14. The van der Waals surface area contributed by atoms with Gasteiger partial charge in [0.05, 0.1) is 13.3 Å². The van der Waals surface area contributed by atoms with Gasteiger partial charge in [-0.15, -0.1) is 0 Å². The van der Waals surface area contributed by atoms with Gasteiger partial charge in [-0.3, -0.25) is 0 Å². The Morgan fingerprint density at radius 3 is 3.14 bits per heavy atom. The Labute approximate surface area is 84.3 Å². The van der Waals surface area contributed by atoms with Gasteiger partial charge in [-0.05, 0) is 19.4 Å². The molecule has 14 heavy (non-hydrogen) atoms. The van der Waals surface area contributed by atoms with Gasteiger partial charge < -0.3 is 10.1 Å². The molecule has 0 aromatic carbocycles. The van der Waals surface area contributed by atoms with Crippen molar-refractivity contribution in [1.29, 1.82) is 0 Å². The quantitative estimate of drug-likeness (QED) is 0.762. The minimum Gasteiger partial charge on any atom is -0.481 e. The van der Waals surface area contributed by atoms with E-state index in [9.17, 15) is 0 Å². The number of aromatic nitrogens is 2. The average molecular weight is 195 g/mol. The molecule has 1 unspecified atom stereocenters. The first-order chi connectivity index (χ1) is 6.83. The molecule has 0 amide bonds. The van der Waals surface area contributed by atoms with E-state index in [0.29, 0.717) is 5.92 Å². The van der Waals surface area contributed by atoms with Crippen molar-refractivity contribution in [2.45, 2.75) is 18.8 Å². The molecule has 1 saturated heterocycles. The van der Waals surface area contributed by atoms with Gasteiger partial charge in [0.15, 0.2) is 0 Å². The van der Waals surface area contributed by atoms with E-state index in [4.69, 9.17) is 4.74 Å². The molecular weight excluding hydrogens is 178 g/mol. The number of hydrogen-bond donors (Lipinski definition) is 1. The summed E-state index contributed by atoms with van der Waals surface area (Å²) >= 11 is 0. The summed E-state index contributed by atoms with van der Waals surface area (Å²) in [5, 5.41) is 7.63. The highest BCUT2D eigenvalue weighted by molar-refractivity contribution is 5.28. The molecule has 2 rings (SSSR count). The van der Waals surface area contributed by atoms with Gasteiger partial charge in [-0.2, -0.15) is 5.10 Å². The number of methoxy groups -OCH3 is 1. The highest BCUT2D eigenvalue weighted by Gasteiger charge is 2.21. The topological polar surface area (TPSA) is 39.1 Å². The van der Waals surface area contributed by atoms with Gasteiger partial charge >= 0.3 is 0 Å². The number of rotatable bonds is 2. The molecule has 0 aliphatic carbocycles. The number of piperidine rings is 1. The molecule has 1 aromatic rings. The van der Waals surface area contributed by atoms with E-state index in [1.807, 2.05) is 13.2 Å². The molecular formula is C10H17N3O. The van der Waals surface area contributed by atoms with Gasteiger partial charge in [-0.1, -0.05) is 0 Å². The Bertz CT molecular complexity index is 302. The lowest BCUT2D eigenvalue weighted by atomic mass is 9.94. The molecule has 1 N–H and O–H groups in total. The number of nitrogens with zero attached hydrogens (tertiary/aromatic N) is 2. The summed E-state index contributed by atoms with van der Waals surface area (Å²) in [7, 11) is 3.62. The van der Waals surface area contributed by atoms with Gasteiger partial charge in [0.2, 0.25) is 5.88 Å². The van der Waals surface area contributed by atoms with E-state index >= 15 is 0 Å². The molecule has 2 heterocycles. The minimum absolute atomic E-state index is 0.562. The van der Waals surface area contributed by atoms with Crippen LogP contribution in [0.3, 0.4) is 0 Å². The first-order valence-corrected chi connectivity index (χ1v) is 5.09. The van der Waals surface area contributed by atoms with Crippen LogP contribution in [0.15, 0.2) is 6.20 Å². The van der Waals surface area contributed by atoms with Gasteiger partial charge in [0.25, 0.3) is 0 Å². The standard InChI is InChI=1S/C10H17N3O/c1-13-10(14-2)9(7-12-13)8-4-3-5-11-6-8/h7-8,11H,3-6H2,1-2H3. The van der Waals surface area contributed by atoms with Crippen LogP contribution in [0.5, 0.6) is 5.88 Å². The second-order valence-electron chi connectivity index (χ2n) is 3.78. The van der Waals surface area contributed by atoms with E-state index in [1.165, 1.54) is 18.4 Å². The molecule has 4 heteroatoms. The van der Waals surface area contributed by atoms with Crippen LogP contribution in [0.1, 0.15) is 24.3 Å². The molecule has 1 aromatic heterocycles. The summed E-state index contributed by atoms with van der Waals surface area (Å²) in [6, 6.07) is 0. The molecule has 0 saturated carbocycles. The molecule has 4 nitrogen and oxygen atoms in total. The van der Waals surface area contributed by atoms with Crippen molar-refractivity contribution in [2.24, 2.45) is 7.05 Å². The number of aryl methyl sites for hydroxylation is 1. The summed E-state index contributed by atoms with van der Waals surface area (Å²) in [5.74, 6) is 1.46. The molecule has 1 aliphatic heterocycles. The maximum absolute atomic E-state index is 5.34. The SMILES string of the molecule is COc1c(C2CCCNC2)cnn1C. The zero-order valence-corrected chi connectivity index (χ0v) is 8.79. The molecule has 1 atom stereocenters. The number of nitrogens with one attached hydrogen (secondary N) is 1. The smallest absolute Gasteiger partial charge is 0.214 e. The lowest BCUT2D eigenvalue weighted by Gasteiger charge is -2.22. The third-order valence-electron chi connectivity index (χ3n) is 2.84. The normalized spacial score (nSPS) is 22.3. The van der Waals surface area contributed by atoms with Crippen molar-refractivity contribution in [3.05, 3.63) is 11.8 Å². The van der Waals surface area contributed by atoms with Crippen LogP contribution < -0.4 is 10.1 Å². The third kappa shape index (κ3) is 1.62. The largest absolute Gasteiger partial charge is 0.481 e. The Hall–Kier alpha value is -1.03. The maximum Gasteiger partial charge on any atom is 0.214 e. The zero-order valence-electron chi connectivity index (χ0n) is 8.79. The third-order valence-corrected chi connectivity index (χ3v) is 2.84. The highest BCUT2D eigenvalue weighted by Crippen LogP contribution is 2.30. The minimum atomic E-state index is 0.562. The van der Waals surface area contributed by atoms with Crippen LogP contribution in [0.25, 0.3) is 0 Å². The Morgan fingerprint density at radius 2 is 2.50 bits per heavy atom. The number of hydrogen-bond acceptors (Lipinski definition) is 3. The first kappa shape index (κ1) is 9.52. The predicted octanol–water partition coefficient (Wildman–Crippen LogP) is 0.896. The Kier molecular flexibility index (Phi) is 2.72. The van der Waals surface area contributed by atoms with Crippen LogP contribution in [-0.2, 0) is 7.05 Å². The first-order valence-electron chi connectivity index (χ1n) is 5.09. The molecule has 1 fully saturated rings. The highest BCUT2D eigenvalue weighted by atomic mass is 16.5. The average Bonchev–Trinajstić information content (AvgIpc) is 2.61. The van der Waals surface area contributed by atoms with Crippen LogP contribution in [0.4, 0.5) is 0 Å². The zero-order chi connectivity index (χ0) is 9.97. The van der Waals surface area contributed by atoms with E-state index in [2.05, 4.69) is 10.4 Å². The lowest BCUT2D eigenvalue weighted by Crippen LogP contribution is -2.28. The monoisotopic (exact) mass is 195 g/mol. The van der Waals surface area contributed by atoms with Crippen molar-refractivity contribution in [3.63, 3.8) is 0 Å². The van der Waals surface area contributed by atoms with Crippen molar-refractivity contribution in [3.8, 4) is 5.88 Å². The molecule has 0 spiro atoms. The van der Waals surface area contributed by atoms with E-state index in [0.717, 1.165) is 19.0 Å². The fourth-order valence-electron chi connectivity index (χ4n) is 2.09. The fourth-order valence-corrected chi connectivity index (χ4v) is 2.09. The van der Waals surface area contributed by atoms with Gasteiger partial charge in [0, 0.05) is 25.1 Å². The van der Waals surface area contributed by atoms with Crippen molar-refractivity contribution < 1.29 is 4.74 Å². The Balaban J connectivity index is 2.21. The second kappa shape index (κ2) is 4.00. The predicted molar refractivity (Wildman–Crippen MR) is 54.6 cm³/mol. The maximum atomic E-state index is 5.34. The summed E-state index contributed by atoms with van der Waals surface area (Å²) in [6.45, 7) is 2.18. The summed E-state index contributed by atoms with van der Waals surface area (Å²) in [4.78, 5) is 0. The van der Waals surface area contributed by atoms with Crippen molar-refractivity contribution >= 4 is 0 Å². The number of ether oxygens (including phenoxy) is 1. The summed E-state index contributed by atoms with van der Waals surface area (Å²) in [5.41, 5.74) is 1.24. The lowest BCUT2D eigenvalue weighted by molar-refractivity contribution is 0.359. The van der Waals surface area contributed by atoms with Crippen LogP contribution in [-0.4, -0.2) is 30.0 Å². The Morgan fingerprint density at radius 1 is 1.64 bits per heavy atom. The molecule has 0 radical (unpaired) electrons. The van der Waals surface area contributed by atoms with E-state index in [1.54, 1.807) is 11.8 Å². The van der Waals surface area contributed by atoms with Crippen LogP contribution >= 0.6 is 0 Å². The van der Waals surface area contributed by atoms with Crippen molar-refractivity contribution in [1.82, 2.24) is 15.1 Å².